The molecule has 1 atom stereocenters. The molecule has 0 fully saturated rings. The Hall–Kier alpha value is -1.23. The summed E-state index contributed by atoms with van der Waals surface area (Å²) in [6, 6.07) is 4.40. The molecule has 0 aliphatic carbocycles. The van der Waals surface area contributed by atoms with Gasteiger partial charge in [0, 0.05) is 10.6 Å². The molecule has 0 heterocycles. The van der Waals surface area contributed by atoms with E-state index in [1.54, 1.807) is 26.0 Å². The van der Waals surface area contributed by atoms with Crippen LogP contribution in [0.1, 0.15) is 13.8 Å². The Balaban J connectivity index is 2.69. The van der Waals surface area contributed by atoms with Gasteiger partial charge in [-0.05, 0) is 32.0 Å². The van der Waals surface area contributed by atoms with Crippen molar-refractivity contribution in [1.82, 2.24) is 0 Å². The van der Waals surface area contributed by atoms with Gasteiger partial charge in [-0.2, -0.15) is 0 Å². The number of halogens is 1. The lowest BCUT2D eigenvalue weighted by Gasteiger charge is -2.10. The first-order valence-corrected chi connectivity index (χ1v) is 5.81. The largest absolute Gasteiger partial charge is 0.465 e. The van der Waals surface area contributed by atoms with Crippen LogP contribution in [-0.4, -0.2) is 17.8 Å². The monoisotopic (exact) mass is 243 g/mol. The van der Waals surface area contributed by atoms with Gasteiger partial charge in [0.1, 0.15) is 11.1 Å². The number of anilines is 1. The summed E-state index contributed by atoms with van der Waals surface area (Å²) in [5, 5.41) is -0.432. The van der Waals surface area contributed by atoms with E-state index in [1.807, 2.05) is 0 Å². The number of carbonyl (C=O) groups excluding carboxylic acids is 1. The van der Waals surface area contributed by atoms with Crippen molar-refractivity contribution >= 4 is 23.4 Å². The molecule has 0 bridgehead atoms. The Bertz CT molecular complexity index is 384. The number of hydrogen-bond donors (Lipinski definition) is 1. The molecule has 88 valence electrons. The number of nitrogens with two attached hydrogens (primary N) is 1. The number of rotatable bonds is 4. The van der Waals surface area contributed by atoms with Crippen LogP contribution in [-0.2, 0) is 9.53 Å². The van der Waals surface area contributed by atoms with Crippen LogP contribution in [0.15, 0.2) is 23.1 Å². The minimum absolute atomic E-state index is 0.327. The fourth-order valence-corrected chi connectivity index (χ4v) is 1.97. The second kappa shape index (κ2) is 5.75. The molecular weight excluding hydrogens is 229 g/mol. The molecule has 0 aliphatic heterocycles. The molecule has 0 saturated heterocycles. The van der Waals surface area contributed by atoms with Gasteiger partial charge in [0.25, 0.3) is 0 Å². The number of carbonyl (C=O) groups is 1. The fourth-order valence-electron chi connectivity index (χ4n) is 1.11. The molecule has 0 saturated carbocycles. The Kier molecular flexibility index (Phi) is 4.61. The first-order chi connectivity index (χ1) is 7.54. The number of benzene rings is 1. The van der Waals surface area contributed by atoms with E-state index in [0.717, 1.165) is 11.8 Å². The van der Waals surface area contributed by atoms with Crippen molar-refractivity contribution in [2.75, 3.05) is 12.3 Å². The van der Waals surface area contributed by atoms with Crippen LogP contribution in [0.25, 0.3) is 0 Å². The molecule has 0 aliphatic rings. The van der Waals surface area contributed by atoms with Crippen LogP contribution in [0.3, 0.4) is 0 Å². The highest BCUT2D eigenvalue weighted by Gasteiger charge is 2.17. The Morgan fingerprint density at radius 2 is 2.31 bits per heavy atom. The molecule has 0 amide bonds. The number of nitrogen functional groups attached to an aromatic ring is 1. The maximum Gasteiger partial charge on any atom is 0.319 e. The van der Waals surface area contributed by atoms with E-state index in [0.29, 0.717) is 17.2 Å². The van der Waals surface area contributed by atoms with Crippen LogP contribution < -0.4 is 5.73 Å². The van der Waals surface area contributed by atoms with Crippen LogP contribution in [0.5, 0.6) is 0 Å². The van der Waals surface area contributed by atoms with E-state index in [1.165, 1.54) is 6.07 Å². The highest BCUT2D eigenvalue weighted by atomic mass is 32.2. The normalized spacial score (nSPS) is 12.2. The highest BCUT2D eigenvalue weighted by molar-refractivity contribution is 8.00. The summed E-state index contributed by atoms with van der Waals surface area (Å²) in [4.78, 5) is 11.7. The Morgan fingerprint density at radius 1 is 1.62 bits per heavy atom. The molecule has 2 N–H and O–H groups in total. The predicted molar refractivity (Wildman–Crippen MR) is 62.8 cm³/mol. The summed E-state index contributed by atoms with van der Waals surface area (Å²) >= 11 is 1.12. The van der Waals surface area contributed by atoms with Crippen molar-refractivity contribution in [1.29, 1.82) is 0 Å². The van der Waals surface area contributed by atoms with Gasteiger partial charge in [0.15, 0.2) is 0 Å². The average Bonchev–Trinajstić information content (AvgIpc) is 2.22. The van der Waals surface area contributed by atoms with Crippen LogP contribution in [0.2, 0.25) is 0 Å². The molecule has 5 heteroatoms. The van der Waals surface area contributed by atoms with E-state index in [4.69, 9.17) is 10.5 Å². The van der Waals surface area contributed by atoms with Gasteiger partial charge in [-0.3, -0.25) is 4.79 Å². The van der Waals surface area contributed by atoms with Crippen molar-refractivity contribution in [3.63, 3.8) is 0 Å². The van der Waals surface area contributed by atoms with Gasteiger partial charge >= 0.3 is 5.97 Å². The third-order valence-electron chi connectivity index (χ3n) is 1.88. The second-order valence-electron chi connectivity index (χ2n) is 3.20. The standard InChI is InChI=1S/C11H14FNO2S/c1-3-15-11(14)7(2)16-10-5-4-8(13)6-9(10)12/h4-7H,3,13H2,1-2H3. The zero-order chi connectivity index (χ0) is 12.1. The van der Waals surface area contributed by atoms with Crippen LogP contribution >= 0.6 is 11.8 Å². The maximum atomic E-state index is 13.4. The number of hydrogen-bond acceptors (Lipinski definition) is 4. The Labute approximate surface area is 98.2 Å². The molecule has 16 heavy (non-hydrogen) atoms. The zero-order valence-electron chi connectivity index (χ0n) is 9.20. The molecule has 1 aromatic rings. The molecule has 0 radical (unpaired) electrons. The van der Waals surface area contributed by atoms with E-state index in [2.05, 4.69) is 0 Å². The van der Waals surface area contributed by atoms with Crippen molar-refractivity contribution in [3.8, 4) is 0 Å². The van der Waals surface area contributed by atoms with Gasteiger partial charge in [0.2, 0.25) is 0 Å². The average molecular weight is 243 g/mol. The molecular formula is C11H14FNO2S. The number of ether oxygens (including phenoxy) is 1. The second-order valence-corrected chi connectivity index (χ2v) is 4.58. The molecule has 3 nitrogen and oxygen atoms in total. The molecule has 0 spiro atoms. The van der Waals surface area contributed by atoms with Crippen LogP contribution in [0, 0.1) is 5.82 Å². The molecule has 1 rings (SSSR count). The van der Waals surface area contributed by atoms with E-state index < -0.39 is 11.1 Å². The van der Waals surface area contributed by atoms with Gasteiger partial charge < -0.3 is 10.5 Å². The lowest BCUT2D eigenvalue weighted by Crippen LogP contribution is -2.16. The number of thioether (sulfide) groups is 1. The topological polar surface area (TPSA) is 52.3 Å². The Morgan fingerprint density at radius 3 is 2.88 bits per heavy atom. The summed E-state index contributed by atoms with van der Waals surface area (Å²) < 4.78 is 18.2. The first kappa shape index (κ1) is 12.8. The highest BCUT2D eigenvalue weighted by Crippen LogP contribution is 2.27. The van der Waals surface area contributed by atoms with E-state index >= 15 is 0 Å². The molecule has 0 aromatic heterocycles. The van der Waals surface area contributed by atoms with Crippen LogP contribution in [0.4, 0.5) is 10.1 Å². The molecule has 1 unspecified atom stereocenters. The van der Waals surface area contributed by atoms with Crippen molar-refractivity contribution in [2.24, 2.45) is 0 Å². The van der Waals surface area contributed by atoms with Gasteiger partial charge in [0.05, 0.1) is 6.61 Å². The predicted octanol–water partition coefficient (Wildman–Crippen LogP) is 2.45. The summed E-state index contributed by atoms with van der Waals surface area (Å²) in [7, 11) is 0. The van der Waals surface area contributed by atoms with Crippen molar-refractivity contribution in [2.45, 2.75) is 24.0 Å². The smallest absolute Gasteiger partial charge is 0.319 e. The van der Waals surface area contributed by atoms with Gasteiger partial charge in [-0.1, -0.05) is 0 Å². The number of esters is 1. The third-order valence-corrected chi connectivity index (χ3v) is 3.01. The lowest BCUT2D eigenvalue weighted by molar-refractivity contribution is -0.142. The zero-order valence-corrected chi connectivity index (χ0v) is 10.0. The van der Waals surface area contributed by atoms with Gasteiger partial charge in [-0.25, -0.2) is 4.39 Å². The van der Waals surface area contributed by atoms with Crippen molar-refractivity contribution < 1.29 is 13.9 Å². The quantitative estimate of drug-likeness (QED) is 0.501. The summed E-state index contributed by atoms with van der Waals surface area (Å²) in [5.41, 5.74) is 5.79. The fraction of sp³-hybridized carbons (Fsp3) is 0.364. The minimum Gasteiger partial charge on any atom is -0.465 e. The van der Waals surface area contributed by atoms with Gasteiger partial charge in [-0.15, -0.1) is 11.8 Å². The maximum absolute atomic E-state index is 13.4. The minimum atomic E-state index is -0.432. The van der Waals surface area contributed by atoms with E-state index in [-0.39, 0.29) is 5.97 Å². The first-order valence-electron chi connectivity index (χ1n) is 4.93. The summed E-state index contributed by atoms with van der Waals surface area (Å²) in [6.07, 6.45) is 0. The molecule has 1 aromatic carbocycles. The summed E-state index contributed by atoms with van der Waals surface area (Å²) in [6.45, 7) is 3.74. The third kappa shape index (κ3) is 3.41. The lowest BCUT2D eigenvalue weighted by atomic mass is 10.3. The van der Waals surface area contributed by atoms with Crippen molar-refractivity contribution in [3.05, 3.63) is 24.0 Å². The SMILES string of the molecule is CCOC(=O)C(C)Sc1ccc(N)cc1F. The summed E-state index contributed by atoms with van der Waals surface area (Å²) in [5.74, 6) is -0.759. The van der Waals surface area contributed by atoms with E-state index in [9.17, 15) is 9.18 Å².